The molecule has 1 aliphatic rings. The first kappa shape index (κ1) is 15.3. The summed E-state index contributed by atoms with van der Waals surface area (Å²) in [6.45, 7) is 0.311. The molecule has 1 amide bonds. The van der Waals surface area contributed by atoms with Gasteiger partial charge in [0.25, 0.3) is 0 Å². The third kappa shape index (κ3) is 3.94. The van der Waals surface area contributed by atoms with Gasteiger partial charge in [0.05, 0.1) is 17.4 Å². The van der Waals surface area contributed by atoms with E-state index in [-0.39, 0.29) is 23.2 Å². The van der Waals surface area contributed by atoms with E-state index in [1.54, 1.807) is 24.3 Å². The molecule has 1 unspecified atom stereocenters. The first-order chi connectivity index (χ1) is 9.91. The lowest BCUT2D eigenvalue weighted by molar-refractivity contribution is -0.124. The lowest BCUT2D eigenvalue weighted by atomic mass is 10.1. The molecule has 1 aliphatic heterocycles. The molecule has 0 saturated carbocycles. The van der Waals surface area contributed by atoms with Crippen molar-refractivity contribution >= 4 is 21.6 Å². The number of benzene rings is 1. The summed E-state index contributed by atoms with van der Waals surface area (Å²) in [4.78, 5) is 11.9. The summed E-state index contributed by atoms with van der Waals surface area (Å²) >= 11 is 0. The summed E-state index contributed by atoms with van der Waals surface area (Å²) < 4.78 is 22.7. The molecule has 1 aromatic carbocycles. The van der Waals surface area contributed by atoms with Crippen molar-refractivity contribution in [3.8, 4) is 0 Å². The number of nitrogens with zero attached hydrogens (tertiary/aromatic N) is 1. The molecule has 0 radical (unpaired) electrons. The fraction of sp³-hybridized carbons (Fsp3) is 0.385. The van der Waals surface area contributed by atoms with Crippen molar-refractivity contribution in [1.29, 1.82) is 0 Å². The topological polar surface area (TPSA) is 122 Å². The van der Waals surface area contributed by atoms with E-state index in [0.717, 1.165) is 5.56 Å². The molecule has 0 spiro atoms. The molecular weight excluding hydrogens is 294 g/mol. The van der Waals surface area contributed by atoms with Crippen LogP contribution >= 0.6 is 0 Å². The lowest BCUT2D eigenvalue weighted by Crippen LogP contribution is -2.30. The van der Waals surface area contributed by atoms with Gasteiger partial charge in [-0.05, 0) is 12.0 Å². The summed E-state index contributed by atoms with van der Waals surface area (Å²) in [6, 6.07) is 6.85. The summed E-state index contributed by atoms with van der Waals surface area (Å²) in [5, 5.41) is 14.2. The highest BCUT2D eigenvalue weighted by molar-refractivity contribution is 7.91. The number of carbonyl (C=O) groups excluding carboxylic acids is 1. The molecule has 4 N–H and O–H groups in total. The van der Waals surface area contributed by atoms with Crippen LogP contribution in [0.3, 0.4) is 0 Å². The van der Waals surface area contributed by atoms with Gasteiger partial charge in [-0.1, -0.05) is 29.4 Å². The highest BCUT2D eigenvalue weighted by atomic mass is 32.2. The van der Waals surface area contributed by atoms with Crippen LogP contribution in [0.5, 0.6) is 0 Å². The number of oxime groups is 1. The van der Waals surface area contributed by atoms with Crippen molar-refractivity contribution in [3.63, 3.8) is 0 Å². The number of amidine groups is 1. The number of hydrogen-bond donors (Lipinski definition) is 3. The molecule has 1 saturated heterocycles. The quantitative estimate of drug-likeness (QED) is 0.308. The number of hydrogen-bond acceptors (Lipinski definition) is 5. The van der Waals surface area contributed by atoms with Crippen molar-refractivity contribution in [2.24, 2.45) is 16.8 Å². The van der Waals surface area contributed by atoms with Crippen molar-refractivity contribution < 1.29 is 18.4 Å². The number of nitrogens with one attached hydrogen (secondary N) is 1. The molecule has 1 fully saturated rings. The smallest absolute Gasteiger partial charge is 0.224 e. The maximum absolute atomic E-state index is 11.9. The molecule has 1 atom stereocenters. The van der Waals surface area contributed by atoms with E-state index in [1.807, 2.05) is 0 Å². The van der Waals surface area contributed by atoms with Crippen LogP contribution in [0, 0.1) is 5.92 Å². The molecule has 21 heavy (non-hydrogen) atoms. The molecule has 0 aromatic heterocycles. The Hall–Kier alpha value is -2.09. The summed E-state index contributed by atoms with van der Waals surface area (Å²) in [5.41, 5.74) is 6.87. The van der Waals surface area contributed by atoms with Gasteiger partial charge in [0.15, 0.2) is 15.7 Å². The van der Waals surface area contributed by atoms with Gasteiger partial charge in [0.2, 0.25) is 5.91 Å². The number of nitrogens with two attached hydrogens (primary N) is 1. The van der Waals surface area contributed by atoms with E-state index in [0.29, 0.717) is 18.5 Å². The van der Waals surface area contributed by atoms with Crippen LogP contribution in [0.2, 0.25) is 0 Å². The Morgan fingerprint density at radius 2 is 2.05 bits per heavy atom. The van der Waals surface area contributed by atoms with Crippen molar-refractivity contribution in [2.75, 3.05) is 11.5 Å². The third-order valence-corrected chi connectivity index (χ3v) is 5.20. The minimum Gasteiger partial charge on any atom is -0.409 e. The van der Waals surface area contributed by atoms with E-state index < -0.39 is 15.8 Å². The van der Waals surface area contributed by atoms with Gasteiger partial charge in [-0.25, -0.2) is 8.42 Å². The zero-order valence-corrected chi connectivity index (χ0v) is 12.1. The molecule has 0 aliphatic carbocycles. The van der Waals surface area contributed by atoms with Crippen molar-refractivity contribution in [2.45, 2.75) is 13.0 Å². The van der Waals surface area contributed by atoms with Crippen LogP contribution in [0.25, 0.3) is 0 Å². The van der Waals surface area contributed by atoms with Gasteiger partial charge < -0.3 is 16.3 Å². The molecule has 1 heterocycles. The highest BCUT2D eigenvalue weighted by Gasteiger charge is 2.32. The van der Waals surface area contributed by atoms with Gasteiger partial charge >= 0.3 is 0 Å². The standard InChI is InChI=1S/C13H17N3O4S/c14-12(16-18)10-3-1-9(2-4-10)7-15-13(17)11-5-6-21(19,20)8-11/h1-4,11,18H,5-8H2,(H2,14,16)(H,15,17). The molecule has 2 rings (SSSR count). The zero-order chi connectivity index (χ0) is 15.5. The van der Waals surface area contributed by atoms with Crippen molar-refractivity contribution in [1.82, 2.24) is 5.32 Å². The maximum atomic E-state index is 11.9. The number of carbonyl (C=O) groups is 1. The average Bonchev–Trinajstić information content (AvgIpc) is 2.84. The Morgan fingerprint density at radius 3 is 2.57 bits per heavy atom. The monoisotopic (exact) mass is 311 g/mol. The number of rotatable bonds is 4. The Balaban J connectivity index is 1.90. The zero-order valence-electron chi connectivity index (χ0n) is 11.3. The first-order valence-electron chi connectivity index (χ1n) is 6.46. The minimum absolute atomic E-state index is 0.0155. The minimum atomic E-state index is -3.05. The molecule has 114 valence electrons. The lowest BCUT2D eigenvalue weighted by Gasteiger charge is -2.09. The van der Waals surface area contributed by atoms with Gasteiger partial charge in [-0.3, -0.25) is 4.79 Å². The van der Waals surface area contributed by atoms with Crippen LogP contribution in [-0.2, 0) is 21.2 Å². The van der Waals surface area contributed by atoms with Crippen molar-refractivity contribution in [3.05, 3.63) is 35.4 Å². The number of amides is 1. The second-order valence-electron chi connectivity index (χ2n) is 5.00. The van der Waals surface area contributed by atoms with E-state index in [2.05, 4.69) is 10.5 Å². The predicted octanol–water partition coefficient (Wildman–Crippen LogP) is -0.168. The largest absolute Gasteiger partial charge is 0.409 e. The van der Waals surface area contributed by atoms with Crippen LogP contribution in [0.15, 0.2) is 29.4 Å². The normalized spacial score (nSPS) is 21.1. The maximum Gasteiger partial charge on any atom is 0.224 e. The van der Waals surface area contributed by atoms with Gasteiger partial charge in [-0.15, -0.1) is 0 Å². The van der Waals surface area contributed by atoms with Gasteiger partial charge in [0, 0.05) is 12.1 Å². The van der Waals surface area contributed by atoms with E-state index >= 15 is 0 Å². The van der Waals surface area contributed by atoms with Crippen LogP contribution in [0.1, 0.15) is 17.5 Å². The van der Waals surface area contributed by atoms with E-state index in [4.69, 9.17) is 10.9 Å². The number of sulfone groups is 1. The van der Waals surface area contributed by atoms with E-state index in [1.165, 1.54) is 0 Å². The molecule has 1 aromatic rings. The summed E-state index contributed by atoms with van der Waals surface area (Å²) in [7, 11) is -3.05. The summed E-state index contributed by atoms with van der Waals surface area (Å²) in [6.07, 6.45) is 0.386. The fourth-order valence-corrected chi connectivity index (χ4v) is 3.93. The van der Waals surface area contributed by atoms with Crippen LogP contribution in [-0.4, -0.2) is 36.9 Å². The first-order valence-corrected chi connectivity index (χ1v) is 8.28. The van der Waals surface area contributed by atoms with Crippen LogP contribution < -0.4 is 11.1 Å². The highest BCUT2D eigenvalue weighted by Crippen LogP contribution is 2.18. The average molecular weight is 311 g/mol. The molecule has 8 heteroatoms. The molecule has 0 bridgehead atoms. The summed E-state index contributed by atoms with van der Waals surface area (Å²) in [5.74, 6) is -0.661. The predicted molar refractivity (Wildman–Crippen MR) is 77.6 cm³/mol. The Labute approximate surface area is 122 Å². The third-order valence-electron chi connectivity index (χ3n) is 3.43. The second-order valence-corrected chi connectivity index (χ2v) is 7.23. The van der Waals surface area contributed by atoms with Crippen LogP contribution in [0.4, 0.5) is 0 Å². The van der Waals surface area contributed by atoms with Gasteiger partial charge in [0.1, 0.15) is 0 Å². The Bertz CT molecular complexity index is 652. The Morgan fingerprint density at radius 1 is 1.38 bits per heavy atom. The molecule has 7 nitrogen and oxygen atoms in total. The SMILES string of the molecule is NC(=NO)c1ccc(CNC(=O)C2CCS(=O)(=O)C2)cc1. The second kappa shape index (κ2) is 6.13. The molecular formula is C13H17N3O4S. The van der Waals surface area contributed by atoms with Gasteiger partial charge in [-0.2, -0.15) is 0 Å². The fourth-order valence-electron chi connectivity index (χ4n) is 2.19. The Kier molecular flexibility index (Phi) is 4.46. The van der Waals surface area contributed by atoms with E-state index in [9.17, 15) is 13.2 Å².